The summed E-state index contributed by atoms with van der Waals surface area (Å²) < 4.78 is 5.65. The number of carbonyl (C=O) groups is 1. The number of amides is 1. The Morgan fingerprint density at radius 1 is 1.11 bits per heavy atom. The van der Waals surface area contributed by atoms with Gasteiger partial charge < -0.3 is 14.5 Å². The Morgan fingerprint density at radius 2 is 1.85 bits per heavy atom. The molecule has 2 aromatic rings. The van der Waals surface area contributed by atoms with Crippen molar-refractivity contribution in [1.29, 1.82) is 0 Å². The molecular weight excluding hydrogens is 340 g/mol. The SMILES string of the molecule is Cc1cccc(OCC(=O)N2CCN(c3cc(C)nc(C(C)C)n3)CC2)c1. The van der Waals surface area contributed by atoms with E-state index in [0.717, 1.165) is 41.7 Å². The second-order valence-electron chi connectivity index (χ2n) is 7.35. The summed E-state index contributed by atoms with van der Waals surface area (Å²) in [5, 5.41) is 0. The van der Waals surface area contributed by atoms with Crippen LogP contribution in [0.15, 0.2) is 30.3 Å². The summed E-state index contributed by atoms with van der Waals surface area (Å²) in [5.74, 6) is 2.88. The summed E-state index contributed by atoms with van der Waals surface area (Å²) >= 11 is 0. The third kappa shape index (κ3) is 4.96. The fourth-order valence-electron chi connectivity index (χ4n) is 3.12. The number of aromatic nitrogens is 2. The Labute approximate surface area is 161 Å². The lowest BCUT2D eigenvalue weighted by Gasteiger charge is -2.35. The molecule has 1 amide bonds. The van der Waals surface area contributed by atoms with Gasteiger partial charge in [0.25, 0.3) is 5.91 Å². The zero-order valence-electron chi connectivity index (χ0n) is 16.6. The molecular formula is C21H28N4O2. The second kappa shape index (κ2) is 8.37. The van der Waals surface area contributed by atoms with E-state index in [0.29, 0.717) is 19.0 Å². The molecule has 144 valence electrons. The van der Waals surface area contributed by atoms with E-state index in [1.165, 1.54) is 0 Å². The van der Waals surface area contributed by atoms with Crippen molar-refractivity contribution in [2.45, 2.75) is 33.6 Å². The number of carbonyl (C=O) groups excluding carboxylic acids is 1. The molecule has 2 heterocycles. The standard InChI is InChI=1S/C21H28N4O2/c1-15(2)21-22-17(4)13-19(23-21)24-8-10-25(11-9-24)20(26)14-27-18-7-5-6-16(3)12-18/h5-7,12-13,15H,8-11,14H2,1-4H3. The van der Waals surface area contributed by atoms with Crippen molar-refractivity contribution in [3.05, 3.63) is 47.4 Å². The van der Waals surface area contributed by atoms with E-state index < -0.39 is 0 Å². The van der Waals surface area contributed by atoms with Crippen LogP contribution in [-0.4, -0.2) is 53.6 Å². The number of hydrogen-bond acceptors (Lipinski definition) is 5. The molecule has 1 saturated heterocycles. The van der Waals surface area contributed by atoms with Gasteiger partial charge in [0.2, 0.25) is 0 Å². The first-order valence-electron chi connectivity index (χ1n) is 9.50. The predicted octanol–water partition coefficient (Wildman–Crippen LogP) is 2.94. The molecule has 1 aromatic carbocycles. The first-order valence-corrected chi connectivity index (χ1v) is 9.50. The van der Waals surface area contributed by atoms with E-state index in [9.17, 15) is 4.79 Å². The van der Waals surface area contributed by atoms with Crippen molar-refractivity contribution in [1.82, 2.24) is 14.9 Å². The quantitative estimate of drug-likeness (QED) is 0.812. The van der Waals surface area contributed by atoms with Gasteiger partial charge in [-0.25, -0.2) is 9.97 Å². The van der Waals surface area contributed by atoms with E-state index in [2.05, 4.69) is 23.7 Å². The van der Waals surface area contributed by atoms with Crippen LogP contribution < -0.4 is 9.64 Å². The lowest BCUT2D eigenvalue weighted by Crippen LogP contribution is -2.50. The van der Waals surface area contributed by atoms with Crippen molar-refractivity contribution < 1.29 is 9.53 Å². The topological polar surface area (TPSA) is 58.6 Å². The van der Waals surface area contributed by atoms with Crippen LogP contribution >= 0.6 is 0 Å². The molecule has 0 bridgehead atoms. The van der Waals surface area contributed by atoms with Gasteiger partial charge in [0.1, 0.15) is 17.4 Å². The molecule has 6 nitrogen and oxygen atoms in total. The van der Waals surface area contributed by atoms with E-state index in [-0.39, 0.29) is 12.5 Å². The first-order chi connectivity index (χ1) is 12.9. The van der Waals surface area contributed by atoms with Crippen molar-refractivity contribution >= 4 is 11.7 Å². The maximum atomic E-state index is 12.5. The zero-order valence-corrected chi connectivity index (χ0v) is 16.6. The smallest absolute Gasteiger partial charge is 0.260 e. The highest BCUT2D eigenvalue weighted by Gasteiger charge is 2.23. The minimum absolute atomic E-state index is 0.0258. The molecule has 0 aliphatic carbocycles. The zero-order chi connectivity index (χ0) is 19.4. The van der Waals surface area contributed by atoms with E-state index in [1.54, 1.807) is 0 Å². The van der Waals surface area contributed by atoms with Crippen LogP contribution in [0.1, 0.15) is 36.8 Å². The van der Waals surface area contributed by atoms with Gasteiger partial charge in [0, 0.05) is 43.9 Å². The third-order valence-electron chi connectivity index (χ3n) is 4.68. The van der Waals surface area contributed by atoms with Gasteiger partial charge in [-0.2, -0.15) is 0 Å². The van der Waals surface area contributed by atoms with E-state index in [1.807, 2.05) is 49.1 Å². The molecule has 6 heteroatoms. The van der Waals surface area contributed by atoms with Gasteiger partial charge in [0.05, 0.1) is 0 Å². The molecule has 0 atom stereocenters. The summed E-state index contributed by atoms with van der Waals surface area (Å²) in [6.45, 7) is 11.2. The van der Waals surface area contributed by atoms with Gasteiger partial charge in [-0.15, -0.1) is 0 Å². The van der Waals surface area contributed by atoms with Gasteiger partial charge in [-0.1, -0.05) is 26.0 Å². The van der Waals surface area contributed by atoms with Gasteiger partial charge >= 0.3 is 0 Å². The fraction of sp³-hybridized carbons (Fsp3) is 0.476. The average Bonchev–Trinajstić information content (AvgIpc) is 2.66. The average molecular weight is 368 g/mol. The monoisotopic (exact) mass is 368 g/mol. The molecule has 0 N–H and O–H groups in total. The number of nitrogens with zero attached hydrogens (tertiary/aromatic N) is 4. The number of piperazine rings is 1. The Hall–Kier alpha value is -2.63. The second-order valence-corrected chi connectivity index (χ2v) is 7.35. The lowest BCUT2D eigenvalue weighted by atomic mass is 10.2. The minimum Gasteiger partial charge on any atom is -0.484 e. The van der Waals surface area contributed by atoms with E-state index in [4.69, 9.17) is 9.72 Å². The van der Waals surface area contributed by atoms with Gasteiger partial charge in [0.15, 0.2) is 6.61 Å². The molecule has 1 aromatic heterocycles. The maximum Gasteiger partial charge on any atom is 0.260 e. The number of rotatable bonds is 5. The molecule has 0 radical (unpaired) electrons. The molecule has 0 saturated carbocycles. The highest BCUT2D eigenvalue weighted by atomic mass is 16.5. The Balaban J connectivity index is 1.55. The van der Waals surface area contributed by atoms with E-state index >= 15 is 0 Å². The Kier molecular flexibility index (Phi) is 5.94. The maximum absolute atomic E-state index is 12.5. The van der Waals surface area contributed by atoms with Crippen molar-refractivity contribution in [2.24, 2.45) is 0 Å². The summed E-state index contributed by atoms with van der Waals surface area (Å²) in [7, 11) is 0. The molecule has 1 aliphatic heterocycles. The fourth-order valence-corrected chi connectivity index (χ4v) is 3.12. The van der Waals surface area contributed by atoms with Gasteiger partial charge in [-0.3, -0.25) is 4.79 Å². The van der Waals surface area contributed by atoms with Gasteiger partial charge in [-0.05, 0) is 31.5 Å². The summed E-state index contributed by atoms with van der Waals surface area (Å²) in [6.07, 6.45) is 0. The molecule has 1 aliphatic rings. The summed E-state index contributed by atoms with van der Waals surface area (Å²) in [4.78, 5) is 25.8. The number of aryl methyl sites for hydroxylation is 2. The lowest BCUT2D eigenvalue weighted by molar-refractivity contribution is -0.133. The number of hydrogen-bond donors (Lipinski definition) is 0. The van der Waals surface area contributed by atoms with Crippen molar-refractivity contribution in [3.8, 4) is 5.75 Å². The molecule has 3 rings (SSSR count). The summed E-state index contributed by atoms with van der Waals surface area (Å²) in [6, 6.07) is 9.78. The normalized spacial score (nSPS) is 14.6. The molecule has 0 spiro atoms. The largest absolute Gasteiger partial charge is 0.484 e. The number of ether oxygens (including phenoxy) is 1. The summed E-state index contributed by atoms with van der Waals surface area (Å²) in [5.41, 5.74) is 2.10. The Morgan fingerprint density at radius 3 is 2.52 bits per heavy atom. The Bertz CT molecular complexity index is 799. The molecule has 1 fully saturated rings. The molecule has 27 heavy (non-hydrogen) atoms. The first kappa shape index (κ1) is 19.1. The van der Waals surface area contributed by atoms with Crippen LogP contribution in [-0.2, 0) is 4.79 Å². The van der Waals surface area contributed by atoms with Crippen LogP contribution in [0.4, 0.5) is 5.82 Å². The minimum atomic E-state index is 0.0258. The molecule has 0 unspecified atom stereocenters. The van der Waals surface area contributed by atoms with Crippen LogP contribution in [0.2, 0.25) is 0 Å². The third-order valence-corrected chi connectivity index (χ3v) is 4.68. The van der Waals surface area contributed by atoms with Crippen molar-refractivity contribution in [3.63, 3.8) is 0 Å². The van der Waals surface area contributed by atoms with Crippen LogP contribution in [0.25, 0.3) is 0 Å². The van der Waals surface area contributed by atoms with Crippen LogP contribution in [0, 0.1) is 13.8 Å². The van der Waals surface area contributed by atoms with Crippen molar-refractivity contribution in [2.75, 3.05) is 37.7 Å². The van der Waals surface area contributed by atoms with Crippen LogP contribution in [0.3, 0.4) is 0 Å². The highest BCUT2D eigenvalue weighted by molar-refractivity contribution is 5.78. The number of anilines is 1. The van der Waals surface area contributed by atoms with Crippen LogP contribution in [0.5, 0.6) is 5.75 Å². The predicted molar refractivity (Wildman–Crippen MR) is 106 cm³/mol. The highest BCUT2D eigenvalue weighted by Crippen LogP contribution is 2.19. The number of benzene rings is 1.